The zero-order valence-corrected chi connectivity index (χ0v) is 21.1. The smallest absolute Gasteiger partial charge is 0.335 e. The summed E-state index contributed by atoms with van der Waals surface area (Å²) in [7, 11) is 0. The first kappa shape index (κ1) is 25.0. The first-order chi connectivity index (χ1) is 17.0. The number of carbonyl (C=O) groups excluding carboxylic acids is 3. The lowest BCUT2D eigenvalue weighted by molar-refractivity contribution is -0.127. The largest absolute Gasteiger partial charge is 0.478 e. The molecule has 1 aliphatic heterocycles. The lowest BCUT2D eigenvalue weighted by Gasteiger charge is -2.13. The van der Waals surface area contributed by atoms with Crippen molar-refractivity contribution < 1.29 is 24.3 Å². The summed E-state index contributed by atoms with van der Waals surface area (Å²) >= 11 is 0.798. The number of anilines is 1. The molecule has 0 bridgehead atoms. The van der Waals surface area contributed by atoms with Crippen molar-refractivity contribution in [1.29, 1.82) is 0 Å². The van der Waals surface area contributed by atoms with E-state index in [0.717, 1.165) is 50.4 Å². The molecule has 3 amide bonds. The number of aromatic carboxylic acids is 1. The Morgan fingerprint density at radius 1 is 0.972 bits per heavy atom. The van der Waals surface area contributed by atoms with Crippen LogP contribution in [-0.2, 0) is 9.59 Å². The van der Waals surface area contributed by atoms with E-state index in [1.165, 1.54) is 12.1 Å². The molecule has 2 heterocycles. The third-order valence-electron chi connectivity index (χ3n) is 6.10. The first-order valence-electron chi connectivity index (χ1n) is 11.2. The van der Waals surface area contributed by atoms with Gasteiger partial charge in [-0.25, -0.2) is 4.79 Å². The van der Waals surface area contributed by atoms with Crippen LogP contribution >= 0.6 is 11.8 Å². The van der Waals surface area contributed by atoms with Crippen molar-refractivity contribution in [3.63, 3.8) is 0 Å². The molecule has 0 spiro atoms. The van der Waals surface area contributed by atoms with Crippen LogP contribution in [0.4, 0.5) is 10.5 Å². The molecule has 0 aliphatic carbocycles. The summed E-state index contributed by atoms with van der Waals surface area (Å²) in [6, 6.07) is 13.9. The van der Waals surface area contributed by atoms with Gasteiger partial charge < -0.3 is 15.0 Å². The average molecular weight is 504 g/mol. The van der Waals surface area contributed by atoms with Crippen LogP contribution in [0.25, 0.3) is 11.8 Å². The number of imide groups is 1. The summed E-state index contributed by atoms with van der Waals surface area (Å²) in [4.78, 5) is 50.3. The second-order valence-electron chi connectivity index (χ2n) is 8.63. The Balaban J connectivity index is 1.52. The van der Waals surface area contributed by atoms with Crippen LogP contribution in [0, 0.1) is 27.7 Å². The van der Waals surface area contributed by atoms with E-state index in [9.17, 15) is 19.2 Å². The third-order valence-corrected chi connectivity index (χ3v) is 7.00. The standard InChI is InChI=1S/C27H25N3O5S/c1-15-5-8-21(11-16(15)2)28-24(31)14-29-25(32)23(36-27(29)35)13-20-12-17(3)30(18(20)4)22-9-6-19(7-10-22)26(33)34/h5-13H,14H2,1-4H3,(H,28,31)(H,33,34)/b23-13+. The maximum atomic E-state index is 13.0. The van der Waals surface area contributed by atoms with Crippen molar-refractivity contribution in [2.24, 2.45) is 0 Å². The molecule has 1 saturated heterocycles. The van der Waals surface area contributed by atoms with Gasteiger partial charge in [0.05, 0.1) is 10.5 Å². The molecule has 4 rings (SSSR count). The number of carboxylic acid groups (broad SMARTS) is 1. The van der Waals surface area contributed by atoms with Gasteiger partial charge in [0.15, 0.2) is 0 Å². The van der Waals surface area contributed by atoms with E-state index in [2.05, 4.69) is 5.32 Å². The molecule has 2 aromatic carbocycles. The van der Waals surface area contributed by atoms with E-state index in [1.54, 1.807) is 24.3 Å². The van der Waals surface area contributed by atoms with E-state index in [0.29, 0.717) is 5.69 Å². The minimum absolute atomic E-state index is 0.191. The molecular formula is C27H25N3O5S. The quantitative estimate of drug-likeness (QED) is 0.454. The third kappa shape index (κ3) is 4.96. The predicted molar refractivity (Wildman–Crippen MR) is 139 cm³/mol. The van der Waals surface area contributed by atoms with Gasteiger partial charge in [0, 0.05) is 22.8 Å². The van der Waals surface area contributed by atoms with Crippen LogP contribution in [0.3, 0.4) is 0 Å². The summed E-state index contributed by atoms with van der Waals surface area (Å²) < 4.78 is 1.94. The Kier molecular flexibility index (Phi) is 6.85. The number of amides is 3. The number of carbonyl (C=O) groups is 4. The number of hydrogen-bond donors (Lipinski definition) is 2. The maximum Gasteiger partial charge on any atom is 0.335 e. The van der Waals surface area contributed by atoms with Crippen molar-refractivity contribution in [2.75, 3.05) is 11.9 Å². The summed E-state index contributed by atoms with van der Waals surface area (Å²) in [5, 5.41) is 11.4. The summed E-state index contributed by atoms with van der Waals surface area (Å²) in [5.41, 5.74) is 6.17. The number of aromatic nitrogens is 1. The van der Waals surface area contributed by atoms with Crippen molar-refractivity contribution >= 4 is 46.5 Å². The Hall–Kier alpha value is -4.11. The Morgan fingerprint density at radius 2 is 1.67 bits per heavy atom. The molecule has 1 fully saturated rings. The fourth-order valence-electron chi connectivity index (χ4n) is 4.02. The highest BCUT2D eigenvalue weighted by Crippen LogP contribution is 2.33. The van der Waals surface area contributed by atoms with Crippen LogP contribution in [0.15, 0.2) is 53.4 Å². The molecule has 2 N–H and O–H groups in total. The zero-order valence-electron chi connectivity index (χ0n) is 20.3. The molecule has 0 unspecified atom stereocenters. The average Bonchev–Trinajstić information content (AvgIpc) is 3.25. The highest BCUT2D eigenvalue weighted by Gasteiger charge is 2.36. The van der Waals surface area contributed by atoms with Gasteiger partial charge in [0.2, 0.25) is 5.91 Å². The van der Waals surface area contributed by atoms with Crippen molar-refractivity contribution in [1.82, 2.24) is 9.47 Å². The molecule has 0 atom stereocenters. The minimum atomic E-state index is -0.999. The number of aryl methyl sites for hydroxylation is 3. The molecule has 36 heavy (non-hydrogen) atoms. The number of nitrogens with zero attached hydrogens (tertiary/aromatic N) is 2. The van der Waals surface area contributed by atoms with Crippen LogP contribution in [-0.4, -0.2) is 44.1 Å². The number of hydrogen-bond acceptors (Lipinski definition) is 5. The monoisotopic (exact) mass is 503 g/mol. The number of nitrogens with one attached hydrogen (secondary N) is 1. The van der Waals surface area contributed by atoms with Gasteiger partial charge in [-0.2, -0.15) is 0 Å². The first-order valence-corrected chi connectivity index (χ1v) is 12.0. The summed E-state index contributed by atoms with van der Waals surface area (Å²) in [6.07, 6.45) is 1.65. The molecule has 184 valence electrons. The van der Waals surface area contributed by atoms with Gasteiger partial charge in [0.25, 0.3) is 11.1 Å². The summed E-state index contributed by atoms with van der Waals surface area (Å²) in [5.74, 6) is -1.97. The number of carboxylic acids is 1. The minimum Gasteiger partial charge on any atom is -0.478 e. The highest BCUT2D eigenvalue weighted by molar-refractivity contribution is 8.18. The predicted octanol–water partition coefficient (Wildman–Crippen LogP) is 5.08. The highest BCUT2D eigenvalue weighted by atomic mass is 32.2. The maximum absolute atomic E-state index is 13.0. The SMILES string of the molecule is Cc1ccc(NC(=O)CN2C(=O)S/C(=C/c3cc(C)n(-c4ccc(C(=O)O)cc4)c3C)C2=O)cc1C. The Bertz CT molecular complexity index is 1440. The van der Waals surface area contributed by atoms with Gasteiger partial charge in [-0.05, 0) is 105 Å². The molecule has 9 heteroatoms. The van der Waals surface area contributed by atoms with E-state index in [-0.39, 0.29) is 17.0 Å². The van der Waals surface area contributed by atoms with E-state index in [1.807, 2.05) is 50.5 Å². The molecule has 1 aliphatic rings. The number of thioether (sulfide) groups is 1. The molecular weight excluding hydrogens is 478 g/mol. The van der Waals surface area contributed by atoms with E-state index >= 15 is 0 Å². The van der Waals surface area contributed by atoms with E-state index in [4.69, 9.17) is 5.11 Å². The molecule has 3 aromatic rings. The summed E-state index contributed by atoms with van der Waals surface area (Å²) in [6.45, 7) is 7.32. The fraction of sp³-hybridized carbons (Fsp3) is 0.185. The van der Waals surface area contributed by atoms with Crippen molar-refractivity contribution in [3.8, 4) is 5.69 Å². The normalized spacial score (nSPS) is 14.6. The lowest BCUT2D eigenvalue weighted by Crippen LogP contribution is -2.36. The van der Waals surface area contributed by atoms with Gasteiger partial charge in [-0.3, -0.25) is 19.3 Å². The zero-order chi connectivity index (χ0) is 26.1. The van der Waals surface area contributed by atoms with Gasteiger partial charge >= 0.3 is 5.97 Å². The molecule has 8 nitrogen and oxygen atoms in total. The van der Waals surface area contributed by atoms with Crippen molar-refractivity contribution in [3.05, 3.63) is 87.1 Å². The van der Waals surface area contributed by atoms with Crippen LogP contribution in [0.1, 0.15) is 38.4 Å². The lowest BCUT2D eigenvalue weighted by atomic mass is 10.1. The number of benzene rings is 2. The number of rotatable bonds is 6. The van der Waals surface area contributed by atoms with Gasteiger partial charge in [-0.15, -0.1) is 0 Å². The van der Waals surface area contributed by atoms with Crippen LogP contribution in [0.5, 0.6) is 0 Å². The van der Waals surface area contributed by atoms with Crippen LogP contribution in [0.2, 0.25) is 0 Å². The topological polar surface area (TPSA) is 109 Å². The second-order valence-corrected chi connectivity index (χ2v) is 9.62. The molecule has 1 aromatic heterocycles. The second kappa shape index (κ2) is 9.87. The molecule has 0 radical (unpaired) electrons. The van der Waals surface area contributed by atoms with Gasteiger partial charge in [0.1, 0.15) is 6.54 Å². The fourth-order valence-corrected chi connectivity index (χ4v) is 4.85. The Morgan fingerprint density at radius 3 is 2.31 bits per heavy atom. The van der Waals surface area contributed by atoms with Crippen molar-refractivity contribution in [2.45, 2.75) is 27.7 Å². The van der Waals surface area contributed by atoms with Gasteiger partial charge in [-0.1, -0.05) is 6.07 Å². The van der Waals surface area contributed by atoms with E-state index < -0.39 is 23.0 Å². The molecule has 0 saturated carbocycles. The van der Waals surface area contributed by atoms with Crippen LogP contribution < -0.4 is 5.32 Å². The Labute approximate surface area is 212 Å².